The second-order valence-electron chi connectivity index (χ2n) is 9.92. The molecule has 1 saturated heterocycles. The Morgan fingerprint density at radius 3 is 2.08 bits per heavy atom. The molecule has 2 aromatic rings. The van der Waals surface area contributed by atoms with Crippen molar-refractivity contribution in [3.63, 3.8) is 0 Å². The molecular weight excluding hydrogens is 483 g/mol. The quantitative estimate of drug-likeness (QED) is 0.403. The minimum absolute atomic E-state index is 0.0427. The fraction of sp³-hybridized carbons (Fsp3) is 0.481. The summed E-state index contributed by atoms with van der Waals surface area (Å²) in [6, 6.07) is 19.7. The van der Waals surface area contributed by atoms with E-state index in [4.69, 9.17) is 18.6 Å². The minimum atomic E-state index is -3.02. The first-order chi connectivity index (χ1) is 16.9. The lowest BCUT2D eigenvalue weighted by atomic mass is 10.1. The second-order valence-corrected chi connectivity index (χ2v) is 14.2. The SMILES string of the molecule is CCOC(=O)[C@]1(F)C[C@@H](O)[C@@H](C(CO[Si](c2ccccc2)(c2ccccc2)C(C)(C)C)OC(C)=O)O1. The van der Waals surface area contributed by atoms with E-state index in [2.05, 4.69) is 20.8 Å². The maximum absolute atomic E-state index is 15.3. The Hall–Kier alpha value is -2.59. The third-order valence-electron chi connectivity index (χ3n) is 6.32. The van der Waals surface area contributed by atoms with Crippen LogP contribution in [0.5, 0.6) is 0 Å². The Kier molecular flexibility index (Phi) is 8.71. The largest absolute Gasteiger partial charge is 0.462 e. The number of carbonyl (C=O) groups excluding carboxylic acids is 2. The van der Waals surface area contributed by atoms with Gasteiger partial charge in [-0.25, -0.2) is 4.79 Å². The molecule has 0 amide bonds. The van der Waals surface area contributed by atoms with Gasteiger partial charge in [-0.2, -0.15) is 4.39 Å². The fourth-order valence-corrected chi connectivity index (χ4v) is 9.37. The average Bonchev–Trinajstić information content (AvgIpc) is 3.14. The van der Waals surface area contributed by atoms with Gasteiger partial charge < -0.3 is 23.7 Å². The molecule has 2 aromatic carbocycles. The zero-order valence-electron chi connectivity index (χ0n) is 21.4. The van der Waals surface area contributed by atoms with Crippen LogP contribution in [0.15, 0.2) is 60.7 Å². The first-order valence-corrected chi connectivity index (χ1v) is 14.0. The van der Waals surface area contributed by atoms with Gasteiger partial charge in [-0.1, -0.05) is 81.4 Å². The van der Waals surface area contributed by atoms with E-state index in [0.29, 0.717) is 0 Å². The van der Waals surface area contributed by atoms with Gasteiger partial charge in [0.2, 0.25) is 0 Å². The molecule has 1 aliphatic heterocycles. The fourth-order valence-electron chi connectivity index (χ4n) is 4.80. The molecule has 0 bridgehead atoms. The van der Waals surface area contributed by atoms with Crippen LogP contribution in [0.3, 0.4) is 0 Å². The van der Waals surface area contributed by atoms with Crippen LogP contribution in [0.2, 0.25) is 5.04 Å². The van der Waals surface area contributed by atoms with Crippen LogP contribution in [-0.2, 0) is 28.2 Å². The van der Waals surface area contributed by atoms with E-state index in [0.717, 1.165) is 10.4 Å². The Bertz CT molecular complexity index is 988. The van der Waals surface area contributed by atoms with Crippen LogP contribution < -0.4 is 10.4 Å². The van der Waals surface area contributed by atoms with E-state index in [1.165, 1.54) is 6.92 Å². The number of benzene rings is 2. The summed E-state index contributed by atoms with van der Waals surface area (Å²) in [7, 11) is -3.02. The smallest absolute Gasteiger partial charge is 0.372 e. The van der Waals surface area contributed by atoms with Gasteiger partial charge in [0.15, 0.2) is 6.10 Å². The Balaban J connectivity index is 2.00. The van der Waals surface area contributed by atoms with Crippen molar-refractivity contribution < 1.29 is 37.7 Å². The summed E-state index contributed by atoms with van der Waals surface area (Å²) in [6.07, 6.45) is -4.52. The maximum Gasteiger partial charge on any atom is 0.372 e. The molecule has 7 nitrogen and oxygen atoms in total. The van der Waals surface area contributed by atoms with Crippen molar-refractivity contribution in [3.8, 4) is 0 Å². The van der Waals surface area contributed by atoms with Gasteiger partial charge >= 0.3 is 17.8 Å². The predicted octanol–water partition coefficient (Wildman–Crippen LogP) is 2.87. The van der Waals surface area contributed by atoms with Crippen LogP contribution in [-0.4, -0.2) is 62.7 Å². The highest BCUT2D eigenvalue weighted by molar-refractivity contribution is 6.99. The molecule has 0 saturated carbocycles. The van der Waals surface area contributed by atoms with Crippen molar-refractivity contribution in [1.29, 1.82) is 0 Å². The number of aliphatic hydroxyl groups is 1. The number of rotatable bonds is 9. The lowest BCUT2D eigenvalue weighted by molar-refractivity contribution is -0.208. The molecule has 9 heteroatoms. The Morgan fingerprint density at radius 1 is 1.11 bits per heavy atom. The Labute approximate surface area is 212 Å². The van der Waals surface area contributed by atoms with E-state index in [-0.39, 0.29) is 18.3 Å². The first kappa shape index (κ1) is 28.0. The van der Waals surface area contributed by atoms with Gasteiger partial charge in [0, 0.05) is 13.3 Å². The lowest BCUT2D eigenvalue weighted by Gasteiger charge is -2.44. The highest BCUT2D eigenvalue weighted by Crippen LogP contribution is 2.39. The van der Waals surface area contributed by atoms with E-state index < -0.39 is 50.8 Å². The van der Waals surface area contributed by atoms with Crippen LogP contribution in [0.1, 0.15) is 41.0 Å². The lowest BCUT2D eigenvalue weighted by Crippen LogP contribution is -2.67. The highest BCUT2D eigenvalue weighted by atomic mass is 28.4. The van der Waals surface area contributed by atoms with E-state index in [1.807, 2.05) is 60.7 Å². The molecule has 36 heavy (non-hydrogen) atoms. The van der Waals surface area contributed by atoms with Gasteiger partial charge in [0.25, 0.3) is 8.32 Å². The van der Waals surface area contributed by atoms with Crippen molar-refractivity contribution >= 4 is 30.6 Å². The van der Waals surface area contributed by atoms with Crippen molar-refractivity contribution in [2.24, 2.45) is 0 Å². The number of alkyl halides is 1. The zero-order chi connectivity index (χ0) is 26.6. The maximum atomic E-state index is 15.3. The minimum Gasteiger partial charge on any atom is -0.462 e. The number of esters is 2. The van der Waals surface area contributed by atoms with Gasteiger partial charge in [-0.3, -0.25) is 4.79 Å². The molecule has 1 aliphatic rings. The molecular formula is C27H35FO7Si. The van der Waals surface area contributed by atoms with Crippen molar-refractivity contribution in [3.05, 3.63) is 60.7 Å². The monoisotopic (exact) mass is 518 g/mol. The molecule has 0 aliphatic carbocycles. The van der Waals surface area contributed by atoms with E-state index in [9.17, 15) is 14.7 Å². The summed E-state index contributed by atoms with van der Waals surface area (Å²) in [6.45, 7) is 8.82. The number of hydrogen-bond acceptors (Lipinski definition) is 7. The Morgan fingerprint density at radius 2 is 1.64 bits per heavy atom. The summed E-state index contributed by atoms with van der Waals surface area (Å²) in [5, 5.41) is 12.3. The average molecular weight is 519 g/mol. The molecule has 0 radical (unpaired) electrons. The molecule has 1 unspecified atom stereocenters. The molecule has 3 rings (SSSR count). The van der Waals surface area contributed by atoms with Gasteiger partial charge in [-0.05, 0) is 22.3 Å². The number of aliphatic hydroxyl groups excluding tert-OH is 1. The van der Waals surface area contributed by atoms with Crippen LogP contribution >= 0.6 is 0 Å². The van der Waals surface area contributed by atoms with Gasteiger partial charge in [-0.15, -0.1) is 0 Å². The predicted molar refractivity (Wildman–Crippen MR) is 135 cm³/mol. The topological polar surface area (TPSA) is 91.3 Å². The van der Waals surface area contributed by atoms with E-state index in [1.54, 1.807) is 6.92 Å². The van der Waals surface area contributed by atoms with Crippen molar-refractivity contribution in [2.45, 2.75) is 70.2 Å². The number of carbonyl (C=O) groups is 2. The highest BCUT2D eigenvalue weighted by Gasteiger charge is 2.57. The number of ether oxygens (including phenoxy) is 3. The first-order valence-electron chi connectivity index (χ1n) is 12.1. The van der Waals surface area contributed by atoms with Crippen LogP contribution in [0.4, 0.5) is 4.39 Å². The summed E-state index contributed by atoms with van der Waals surface area (Å²) < 4.78 is 37.7. The van der Waals surface area contributed by atoms with Gasteiger partial charge in [0.1, 0.15) is 6.10 Å². The molecule has 1 fully saturated rings. The molecule has 1 heterocycles. The normalized spacial score (nSPS) is 23.2. The molecule has 196 valence electrons. The molecule has 0 spiro atoms. The standard InChI is InChI=1S/C27H35FO7Si/c1-6-32-25(31)27(28)17-22(30)24(35-27)23(34-19(2)29)18-33-36(26(3,4)5,20-13-9-7-10-14-20)21-15-11-8-12-16-21/h7-16,22-24,30H,6,17-18H2,1-5H3/t22-,23?,24+,27+/m1/s1. The number of hydrogen-bond donors (Lipinski definition) is 1. The van der Waals surface area contributed by atoms with Crippen LogP contribution in [0.25, 0.3) is 0 Å². The van der Waals surface area contributed by atoms with Crippen molar-refractivity contribution in [1.82, 2.24) is 0 Å². The summed E-state index contributed by atoms with van der Waals surface area (Å²) in [4.78, 5) is 24.1. The third-order valence-corrected chi connectivity index (χ3v) is 11.3. The molecule has 0 aromatic heterocycles. The summed E-state index contributed by atoms with van der Waals surface area (Å²) >= 11 is 0. The van der Waals surface area contributed by atoms with Crippen LogP contribution in [0, 0.1) is 0 Å². The molecule has 1 N–H and O–H groups in total. The third kappa shape index (κ3) is 5.69. The summed E-state index contributed by atoms with van der Waals surface area (Å²) in [5.41, 5.74) is 0. The van der Waals surface area contributed by atoms with E-state index >= 15 is 4.39 Å². The van der Waals surface area contributed by atoms with Crippen molar-refractivity contribution in [2.75, 3.05) is 13.2 Å². The molecule has 4 atom stereocenters. The summed E-state index contributed by atoms with van der Waals surface area (Å²) in [5.74, 6) is -4.70. The zero-order valence-corrected chi connectivity index (χ0v) is 22.4. The van der Waals surface area contributed by atoms with Gasteiger partial charge in [0.05, 0.1) is 19.3 Å². The number of halogens is 1. The second kappa shape index (κ2) is 11.2.